The quantitative estimate of drug-likeness (QED) is 0.0590. The number of fused-ring (bicyclic) bond motifs is 4. The first kappa shape index (κ1) is 61.6. The van der Waals surface area contributed by atoms with Crippen molar-refractivity contribution < 1.29 is 71.8 Å². The van der Waals surface area contributed by atoms with E-state index in [9.17, 15) is 39.6 Å². The average molecular weight is 1160 g/mol. The van der Waals surface area contributed by atoms with Gasteiger partial charge in [0, 0.05) is 33.5 Å². The van der Waals surface area contributed by atoms with Gasteiger partial charge >= 0.3 is 8.56 Å². The Balaban J connectivity index is 0.000000215. The van der Waals surface area contributed by atoms with E-state index in [4.69, 9.17) is 32.2 Å². The number of carbonyl (C=O) groups excluding carboxylic acids is 4. The SMILES string of the molecule is COc1ccc(CO[C@H]2C[C@H](C)C(=O)c3c2c(CO)c2cc(C)c(C=O)c4c2c3O[Si](C(C)(C)C)(C(C)(C)C)O4)cc1.COc1ccc(CO[C@H]2C[C@H](O[Si](C)(C)C(C)(C)C)C(=O)c3c2c(CO)c2cc(C)c(C=O)c(O)c2c3O)cc1. The van der Waals surface area contributed by atoms with Gasteiger partial charge in [-0.25, -0.2) is 0 Å². The van der Waals surface area contributed by atoms with Crippen LogP contribution in [0, 0.1) is 19.8 Å². The molecule has 1 heterocycles. The van der Waals surface area contributed by atoms with Crippen LogP contribution in [-0.2, 0) is 40.3 Å². The highest BCUT2D eigenvalue weighted by Gasteiger charge is 2.65. The lowest BCUT2D eigenvalue weighted by Crippen LogP contribution is -2.63. The average Bonchev–Trinajstić information content (AvgIpc) is 0.844. The molecule has 0 saturated carbocycles. The van der Waals surface area contributed by atoms with Gasteiger partial charge in [-0.2, -0.15) is 0 Å². The van der Waals surface area contributed by atoms with Gasteiger partial charge < -0.3 is 52.7 Å². The number of aryl methyl sites for hydroxylation is 2. The Morgan fingerprint density at radius 2 is 1.07 bits per heavy atom. The molecule has 0 unspecified atom stereocenters. The zero-order valence-electron chi connectivity index (χ0n) is 50.3. The van der Waals surface area contributed by atoms with Crippen LogP contribution in [0.5, 0.6) is 34.5 Å². The molecule has 4 N–H and O–H groups in total. The fraction of sp³-hybridized carbons (Fsp3) is 0.446. The predicted molar refractivity (Wildman–Crippen MR) is 320 cm³/mol. The number of aldehydes is 2. The summed E-state index contributed by atoms with van der Waals surface area (Å²) in [5.41, 5.74) is 5.94. The Kier molecular flexibility index (Phi) is 17.3. The topological polar surface area (TPSA) is 214 Å². The van der Waals surface area contributed by atoms with E-state index in [1.807, 2.05) is 81.5 Å². The second kappa shape index (κ2) is 23.0. The fourth-order valence-corrected chi connectivity index (χ4v) is 17.7. The van der Waals surface area contributed by atoms with Crippen LogP contribution in [0.15, 0.2) is 60.7 Å². The summed E-state index contributed by atoms with van der Waals surface area (Å²) in [6, 6.07) is 18.6. The van der Waals surface area contributed by atoms with Crippen LogP contribution in [0.1, 0.15) is 180 Å². The van der Waals surface area contributed by atoms with E-state index < -0.39 is 69.2 Å². The number of aromatic hydroxyl groups is 2. The molecule has 6 aromatic rings. The molecule has 0 spiro atoms. The number of ether oxygens (including phenoxy) is 4. The van der Waals surface area contributed by atoms with Crippen LogP contribution in [0.25, 0.3) is 21.5 Å². The minimum Gasteiger partial charge on any atom is -0.510 e. The minimum absolute atomic E-state index is 0.0104. The molecule has 3 aliphatic rings. The number of aliphatic hydroxyl groups is 2. The molecule has 6 aromatic carbocycles. The maximum Gasteiger partial charge on any atom is 0.471 e. The second-order valence-corrected chi connectivity index (χ2v) is 35.0. The van der Waals surface area contributed by atoms with E-state index in [1.165, 1.54) is 0 Å². The molecule has 17 heteroatoms. The largest absolute Gasteiger partial charge is 0.510 e. The first-order valence-corrected chi connectivity index (χ1v) is 32.6. The van der Waals surface area contributed by atoms with E-state index in [0.717, 1.165) is 34.1 Å². The molecular formula is C65H80O15Si2. The Labute approximate surface area is 483 Å². The second-order valence-electron chi connectivity index (χ2n) is 25.6. The van der Waals surface area contributed by atoms with Crippen LogP contribution in [0.2, 0.25) is 28.2 Å². The van der Waals surface area contributed by atoms with Crippen LogP contribution in [-0.4, -0.2) is 81.8 Å². The van der Waals surface area contributed by atoms with Gasteiger partial charge in [-0.15, -0.1) is 0 Å². The van der Waals surface area contributed by atoms with Crippen molar-refractivity contribution in [3.05, 3.63) is 127 Å². The molecule has 0 saturated heterocycles. The number of rotatable bonds is 14. The third kappa shape index (κ3) is 10.8. The molecule has 4 atom stereocenters. The Hall–Kier alpha value is -6.45. The number of benzene rings is 6. The zero-order chi connectivity index (χ0) is 60.3. The normalized spacial score (nSPS) is 18.7. The highest BCUT2D eigenvalue weighted by molar-refractivity contribution is 6.75. The summed E-state index contributed by atoms with van der Waals surface area (Å²) in [6.45, 7) is 28.1. The van der Waals surface area contributed by atoms with Crippen LogP contribution >= 0.6 is 0 Å². The highest BCUT2D eigenvalue weighted by Crippen LogP contribution is 2.60. The van der Waals surface area contributed by atoms with Crippen molar-refractivity contribution in [1.82, 2.24) is 0 Å². The number of phenols is 2. The number of hydrogen-bond acceptors (Lipinski definition) is 15. The predicted octanol–water partition coefficient (Wildman–Crippen LogP) is 13.9. The standard InChI is InChI=1S/C34H42O7Si.C31H38O8Si/c1-19-14-23-25(17-36)27-26(39-18-21-10-12-22(38-9)13-11-21)15-20(2)30(37)29(27)32-28(23)31(24(19)16-35)40-42(41-32,33(3,4)5)34(6,7)8;1-17-12-20-22(15-33)25-23(38-16-18-8-10-19(37-5)11-9-18)13-24(39-40(6,7)31(2,3)4)29(35)27(25)30(36)26(20)28(34)21(17)14-32/h10-14,16,20,26,36H,15,17-18H2,1-9H3;8-12,14,23-24,33-34,36H,13,15-16H2,1-7H3/t20-,26-;23-,24-/m00/s1. The molecule has 82 heavy (non-hydrogen) atoms. The van der Waals surface area contributed by atoms with Gasteiger partial charge in [0.05, 0.1) is 85.9 Å². The summed E-state index contributed by atoms with van der Waals surface area (Å²) in [5.74, 6) is 0.696. The van der Waals surface area contributed by atoms with E-state index in [2.05, 4.69) is 62.3 Å². The molecule has 9 rings (SSSR count). The lowest BCUT2D eigenvalue weighted by molar-refractivity contribution is -0.000334. The highest BCUT2D eigenvalue weighted by atomic mass is 28.4. The number of hydrogen-bond donors (Lipinski definition) is 4. The molecule has 1 aliphatic heterocycles. The monoisotopic (exact) mass is 1160 g/mol. The molecule has 0 aromatic heterocycles. The van der Waals surface area contributed by atoms with Crippen molar-refractivity contribution in [1.29, 1.82) is 0 Å². The Morgan fingerprint density at radius 3 is 1.52 bits per heavy atom. The summed E-state index contributed by atoms with van der Waals surface area (Å²) in [7, 11) is -2.45. The fourth-order valence-electron chi connectivity index (χ4n) is 11.9. The molecule has 2 aliphatic carbocycles. The van der Waals surface area contributed by atoms with Gasteiger partial charge in [0.2, 0.25) is 0 Å². The van der Waals surface area contributed by atoms with E-state index in [1.54, 1.807) is 27.2 Å². The number of phenolic OH excluding ortho intramolecular Hbond substituents is 2. The van der Waals surface area contributed by atoms with Gasteiger partial charge in [0.1, 0.15) is 40.6 Å². The molecule has 15 nitrogen and oxygen atoms in total. The third-order valence-corrected chi connectivity index (χ3v) is 26.6. The maximum atomic E-state index is 14.1. The van der Waals surface area contributed by atoms with Crippen molar-refractivity contribution in [3.63, 3.8) is 0 Å². The smallest absolute Gasteiger partial charge is 0.471 e. The summed E-state index contributed by atoms with van der Waals surface area (Å²) in [4.78, 5) is 52.4. The molecule has 0 amide bonds. The van der Waals surface area contributed by atoms with Gasteiger partial charge in [0.15, 0.2) is 32.5 Å². The lowest BCUT2D eigenvalue weighted by atomic mass is 9.77. The van der Waals surface area contributed by atoms with Crippen LogP contribution in [0.3, 0.4) is 0 Å². The van der Waals surface area contributed by atoms with Crippen molar-refractivity contribution >= 4 is 62.6 Å². The molecule has 438 valence electrons. The summed E-state index contributed by atoms with van der Waals surface area (Å²) in [5, 5.41) is 44.5. The molecule has 0 radical (unpaired) electrons. The maximum absolute atomic E-state index is 14.1. The molecular weight excluding hydrogens is 1080 g/mol. The van der Waals surface area contributed by atoms with Crippen LogP contribution in [0.4, 0.5) is 0 Å². The molecule has 0 fully saturated rings. The first-order chi connectivity index (χ1) is 38.4. The number of ketones is 2. The molecule has 0 bridgehead atoms. The number of methoxy groups -OCH3 is 2. The van der Waals surface area contributed by atoms with Crippen LogP contribution < -0.4 is 18.3 Å². The summed E-state index contributed by atoms with van der Waals surface area (Å²) >= 11 is 0. The van der Waals surface area contributed by atoms with Gasteiger partial charge in [-0.1, -0.05) is 93.5 Å². The van der Waals surface area contributed by atoms with E-state index in [0.29, 0.717) is 86.3 Å². The van der Waals surface area contributed by atoms with Crippen molar-refractivity contribution in [2.45, 2.75) is 169 Å². The van der Waals surface area contributed by atoms with Crippen molar-refractivity contribution in [3.8, 4) is 34.5 Å². The number of aliphatic hydroxyl groups excluding tert-OH is 2. The minimum atomic E-state index is -3.25. The Morgan fingerprint density at radius 1 is 0.622 bits per heavy atom. The van der Waals surface area contributed by atoms with Gasteiger partial charge in [-0.3, -0.25) is 19.2 Å². The number of carbonyl (C=O) groups is 4. The lowest BCUT2D eigenvalue weighted by Gasteiger charge is -2.51. The van der Waals surface area contributed by atoms with Crippen molar-refractivity contribution in [2.24, 2.45) is 5.92 Å². The van der Waals surface area contributed by atoms with E-state index in [-0.39, 0.29) is 52.9 Å². The number of Topliss-reactive ketones (excluding diaryl/α,β-unsaturated/α-hetero) is 2. The third-order valence-electron chi connectivity index (χ3n) is 17.2. The first-order valence-electron chi connectivity index (χ1n) is 27.9. The van der Waals surface area contributed by atoms with E-state index >= 15 is 0 Å². The summed E-state index contributed by atoms with van der Waals surface area (Å²) < 4.78 is 44.2. The summed E-state index contributed by atoms with van der Waals surface area (Å²) in [6.07, 6.45) is -0.0309. The van der Waals surface area contributed by atoms with Gasteiger partial charge in [-0.05, 0) is 119 Å². The van der Waals surface area contributed by atoms with Crippen molar-refractivity contribution in [2.75, 3.05) is 14.2 Å². The Bertz CT molecular complexity index is 3460. The van der Waals surface area contributed by atoms with Gasteiger partial charge in [0.25, 0.3) is 0 Å². The zero-order valence-corrected chi connectivity index (χ0v) is 52.3.